The minimum absolute atomic E-state index is 0. The van der Waals surface area contributed by atoms with Crippen molar-refractivity contribution in [1.29, 1.82) is 0 Å². The van der Waals surface area contributed by atoms with Crippen LogP contribution in [-0.4, -0.2) is 58.6 Å². The molecule has 2 saturated heterocycles. The van der Waals surface area contributed by atoms with Gasteiger partial charge in [-0.15, -0.1) is 24.0 Å². The van der Waals surface area contributed by atoms with Gasteiger partial charge in [0.15, 0.2) is 5.96 Å². The number of nitrogens with zero attached hydrogens (tertiary/aromatic N) is 2. The Morgan fingerprint density at radius 2 is 1.81 bits per heavy atom. The highest BCUT2D eigenvalue weighted by atomic mass is 127. The van der Waals surface area contributed by atoms with Crippen molar-refractivity contribution in [3.05, 3.63) is 29.8 Å². The fourth-order valence-electron chi connectivity index (χ4n) is 4.14. The van der Waals surface area contributed by atoms with Crippen molar-refractivity contribution in [3.8, 4) is 0 Å². The van der Waals surface area contributed by atoms with Gasteiger partial charge in [0, 0.05) is 58.3 Å². The molecule has 1 aromatic carbocycles. The first kappa shape index (κ1) is 27.2. The molecule has 0 aromatic heterocycles. The second-order valence-corrected chi connectivity index (χ2v) is 8.94. The molecule has 0 amide bonds. The zero-order chi connectivity index (χ0) is 21.7. The van der Waals surface area contributed by atoms with Crippen LogP contribution >= 0.6 is 24.0 Å². The topological polar surface area (TPSA) is 58.1 Å². The van der Waals surface area contributed by atoms with Crippen molar-refractivity contribution >= 4 is 35.6 Å². The Morgan fingerprint density at radius 1 is 1.09 bits per heavy atom. The molecule has 2 aliphatic rings. The normalized spacial score (nSPS) is 18.3. The molecule has 0 aliphatic carbocycles. The first-order valence-corrected chi connectivity index (χ1v) is 12.3. The zero-order valence-electron chi connectivity index (χ0n) is 20.0. The van der Waals surface area contributed by atoms with Crippen LogP contribution in [0.2, 0.25) is 0 Å². The molecule has 0 saturated carbocycles. The van der Waals surface area contributed by atoms with Gasteiger partial charge in [-0.3, -0.25) is 0 Å². The Morgan fingerprint density at radius 3 is 2.50 bits per heavy atom. The number of hydrogen-bond donors (Lipinski definition) is 2. The number of aliphatic imine (C=N–C) groups is 1. The van der Waals surface area contributed by atoms with Crippen LogP contribution in [0.3, 0.4) is 0 Å². The number of halogens is 1. The molecule has 2 heterocycles. The minimum Gasteiger partial charge on any atom is -0.381 e. The van der Waals surface area contributed by atoms with E-state index in [2.05, 4.69) is 53.6 Å². The smallest absolute Gasteiger partial charge is 0.191 e. The second-order valence-electron chi connectivity index (χ2n) is 8.94. The molecule has 0 bridgehead atoms. The molecule has 2 aliphatic heterocycles. The lowest BCUT2D eigenvalue weighted by Gasteiger charge is -2.32. The van der Waals surface area contributed by atoms with E-state index in [0.29, 0.717) is 12.5 Å². The minimum atomic E-state index is 0. The van der Waals surface area contributed by atoms with Gasteiger partial charge < -0.3 is 25.0 Å². The Labute approximate surface area is 211 Å². The van der Waals surface area contributed by atoms with Crippen LogP contribution in [0.25, 0.3) is 0 Å². The lowest BCUT2D eigenvalue weighted by molar-refractivity contribution is 0.0203. The van der Waals surface area contributed by atoms with Gasteiger partial charge in [0.1, 0.15) is 0 Å². The molecule has 0 spiro atoms. The molecule has 0 radical (unpaired) electrons. The van der Waals surface area contributed by atoms with Crippen LogP contribution in [0.1, 0.15) is 51.5 Å². The van der Waals surface area contributed by atoms with Crippen molar-refractivity contribution in [1.82, 2.24) is 10.6 Å². The van der Waals surface area contributed by atoms with Crippen molar-refractivity contribution in [2.45, 2.75) is 52.5 Å². The summed E-state index contributed by atoms with van der Waals surface area (Å²) in [4.78, 5) is 7.26. The Kier molecular flexibility index (Phi) is 13.4. The summed E-state index contributed by atoms with van der Waals surface area (Å²) in [7, 11) is 0. The SMILES string of the molecule is CCNC(=NCc1ccc(N2CCC(C)CC2)cc1)NCCCOCC1CCOCC1.I. The maximum atomic E-state index is 5.85. The Balaban J connectivity index is 0.00000363. The highest BCUT2D eigenvalue weighted by Crippen LogP contribution is 2.23. The molecule has 7 heteroatoms. The first-order chi connectivity index (χ1) is 15.2. The third-order valence-electron chi connectivity index (χ3n) is 6.30. The molecule has 182 valence electrons. The van der Waals surface area contributed by atoms with E-state index in [1.165, 1.54) is 37.2 Å². The van der Waals surface area contributed by atoms with Gasteiger partial charge in [-0.1, -0.05) is 19.1 Å². The number of nitrogens with one attached hydrogen (secondary N) is 2. The van der Waals surface area contributed by atoms with Crippen LogP contribution in [0.15, 0.2) is 29.3 Å². The predicted octanol–water partition coefficient (Wildman–Crippen LogP) is 4.43. The van der Waals surface area contributed by atoms with Gasteiger partial charge in [0.2, 0.25) is 0 Å². The highest BCUT2D eigenvalue weighted by molar-refractivity contribution is 14.0. The van der Waals surface area contributed by atoms with Crippen LogP contribution in [0, 0.1) is 11.8 Å². The summed E-state index contributed by atoms with van der Waals surface area (Å²) in [5.74, 6) is 2.41. The van der Waals surface area contributed by atoms with E-state index in [9.17, 15) is 0 Å². The average molecular weight is 559 g/mol. The van der Waals surface area contributed by atoms with Crippen LogP contribution in [0.5, 0.6) is 0 Å². The molecule has 3 rings (SSSR count). The van der Waals surface area contributed by atoms with E-state index in [-0.39, 0.29) is 24.0 Å². The van der Waals surface area contributed by atoms with Crippen molar-refractivity contribution < 1.29 is 9.47 Å². The first-order valence-electron chi connectivity index (χ1n) is 12.3. The summed E-state index contributed by atoms with van der Waals surface area (Å²) in [5.41, 5.74) is 2.58. The molecular weight excluding hydrogens is 515 g/mol. The van der Waals surface area contributed by atoms with Crippen LogP contribution < -0.4 is 15.5 Å². The van der Waals surface area contributed by atoms with Crippen molar-refractivity contribution in [2.24, 2.45) is 16.8 Å². The number of benzene rings is 1. The molecule has 32 heavy (non-hydrogen) atoms. The fourth-order valence-corrected chi connectivity index (χ4v) is 4.14. The van der Waals surface area contributed by atoms with Gasteiger partial charge in [0.25, 0.3) is 0 Å². The maximum Gasteiger partial charge on any atom is 0.191 e. The molecule has 6 nitrogen and oxygen atoms in total. The van der Waals surface area contributed by atoms with E-state index in [1.807, 2.05) is 0 Å². The Bertz CT molecular complexity index is 642. The van der Waals surface area contributed by atoms with E-state index in [4.69, 9.17) is 14.5 Å². The second kappa shape index (κ2) is 15.7. The highest BCUT2D eigenvalue weighted by Gasteiger charge is 2.16. The van der Waals surface area contributed by atoms with Gasteiger partial charge in [-0.25, -0.2) is 4.99 Å². The third kappa shape index (κ3) is 9.83. The molecule has 1 aromatic rings. The number of ether oxygens (including phenoxy) is 2. The van der Waals surface area contributed by atoms with Crippen LogP contribution in [0.4, 0.5) is 5.69 Å². The van der Waals surface area contributed by atoms with Crippen molar-refractivity contribution in [2.75, 3.05) is 57.5 Å². The summed E-state index contributed by atoms with van der Waals surface area (Å²) in [6.07, 6.45) is 5.84. The van der Waals surface area contributed by atoms with Gasteiger partial charge in [-0.05, 0) is 68.6 Å². The van der Waals surface area contributed by atoms with E-state index in [0.717, 1.165) is 70.7 Å². The van der Waals surface area contributed by atoms with Gasteiger partial charge in [0.05, 0.1) is 6.54 Å². The van der Waals surface area contributed by atoms with E-state index < -0.39 is 0 Å². The number of anilines is 1. The number of hydrogen-bond acceptors (Lipinski definition) is 4. The number of guanidine groups is 1. The average Bonchev–Trinajstić information content (AvgIpc) is 2.81. The zero-order valence-corrected chi connectivity index (χ0v) is 22.3. The van der Waals surface area contributed by atoms with E-state index >= 15 is 0 Å². The monoisotopic (exact) mass is 558 g/mol. The lowest BCUT2D eigenvalue weighted by atomic mass is 9.99. The largest absolute Gasteiger partial charge is 0.381 e. The van der Waals surface area contributed by atoms with Gasteiger partial charge >= 0.3 is 0 Å². The summed E-state index contributed by atoms with van der Waals surface area (Å²) >= 11 is 0. The van der Waals surface area contributed by atoms with E-state index in [1.54, 1.807) is 0 Å². The summed E-state index contributed by atoms with van der Waals surface area (Å²) < 4.78 is 11.2. The summed E-state index contributed by atoms with van der Waals surface area (Å²) in [6.45, 7) is 12.6. The molecule has 0 unspecified atom stereocenters. The maximum absolute atomic E-state index is 5.85. The standard InChI is InChI=1S/C25H42N4O2.HI/c1-3-26-25(27-13-4-16-31-20-23-11-17-30-18-12-23)28-19-22-5-7-24(8-6-22)29-14-9-21(2)10-15-29;/h5-8,21,23H,3-4,9-20H2,1-2H3,(H2,26,27,28);1H. The molecule has 2 fully saturated rings. The predicted molar refractivity (Wildman–Crippen MR) is 144 cm³/mol. The fraction of sp³-hybridized carbons (Fsp3) is 0.720. The summed E-state index contributed by atoms with van der Waals surface area (Å²) in [6, 6.07) is 8.92. The number of piperidine rings is 1. The number of rotatable bonds is 10. The molecule has 0 atom stereocenters. The third-order valence-corrected chi connectivity index (χ3v) is 6.30. The quantitative estimate of drug-likeness (QED) is 0.193. The Hall–Kier alpha value is -1.06. The molecular formula is C25H43IN4O2. The summed E-state index contributed by atoms with van der Waals surface area (Å²) in [5, 5.41) is 6.77. The molecule has 2 N–H and O–H groups in total. The lowest BCUT2D eigenvalue weighted by Crippen LogP contribution is -2.38. The van der Waals surface area contributed by atoms with Crippen LogP contribution in [-0.2, 0) is 16.0 Å². The van der Waals surface area contributed by atoms with Crippen molar-refractivity contribution in [3.63, 3.8) is 0 Å². The van der Waals surface area contributed by atoms with Gasteiger partial charge in [-0.2, -0.15) is 0 Å².